The third-order valence-corrected chi connectivity index (χ3v) is 4.54. The van der Waals surface area contributed by atoms with Gasteiger partial charge < -0.3 is 5.21 Å². The lowest BCUT2D eigenvalue weighted by Crippen LogP contribution is -2.25. The van der Waals surface area contributed by atoms with E-state index in [9.17, 15) is 35.9 Å². The number of benzene rings is 2. The summed E-state index contributed by atoms with van der Waals surface area (Å²) in [5, 5.41) is 12.4. The van der Waals surface area contributed by atoms with Crippen LogP contribution in [0.3, 0.4) is 0 Å². The first-order valence-electron chi connectivity index (χ1n) is 7.81. The van der Waals surface area contributed by atoms with Gasteiger partial charge >= 0.3 is 12.4 Å². The van der Waals surface area contributed by atoms with Gasteiger partial charge in [-0.3, -0.25) is 0 Å². The standard InChI is InChI=1S/C18H12F7NO/c19-11-3-6-12-9(7-11)1-4-14(16(12)26-27)13-5-2-10(17(20,21)22)8-15(13)18(23,24)25/h2-3,5-8,14,27H,1,4H2/b26-16+. The van der Waals surface area contributed by atoms with E-state index in [4.69, 9.17) is 0 Å². The van der Waals surface area contributed by atoms with Crippen LogP contribution in [0, 0.1) is 5.82 Å². The largest absolute Gasteiger partial charge is 0.416 e. The zero-order valence-corrected chi connectivity index (χ0v) is 13.5. The van der Waals surface area contributed by atoms with Crippen molar-refractivity contribution in [2.45, 2.75) is 31.1 Å². The molecule has 0 saturated carbocycles. The quantitative estimate of drug-likeness (QED) is 0.374. The average molecular weight is 391 g/mol. The van der Waals surface area contributed by atoms with Crippen molar-refractivity contribution < 1.29 is 35.9 Å². The van der Waals surface area contributed by atoms with Crippen LogP contribution in [0.1, 0.15) is 40.2 Å². The van der Waals surface area contributed by atoms with Crippen LogP contribution >= 0.6 is 0 Å². The number of hydrogen-bond donors (Lipinski definition) is 1. The predicted molar refractivity (Wildman–Crippen MR) is 82.2 cm³/mol. The Morgan fingerprint density at radius 2 is 1.63 bits per heavy atom. The zero-order valence-electron chi connectivity index (χ0n) is 13.5. The number of halogens is 7. The molecule has 0 amide bonds. The molecule has 0 aliphatic heterocycles. The maximum Gasteiger partial charge on any atom is 0.416 e. The number of nitrogens with zero attached hydrogens (tertiary/aromatic N) is 1. The Morgan fingerprint density at radius 1 is 0.926 bits per heavy atom. The van der Waals surface area contributed by atoms with Gasteiger partial charge in [-0.2, -0.15) is 26.3 Å². The van der Waals surface area contributed by atoms with Gasteiger partial charge in [-0.25, -0.2) is 4.39 Å². The Hall–Kier alpha value is -2.58. The van der Waals surface area contributed by atoms with Crippen LogP contribution in [0.2, 0.25) is 0 Å². The lowest BCUT2D eigenvalue weighted by atomic mass is 9.77. The molecule has 0 bridgehead atoms. The van der Waals surface area contributed by atoms with E-state index in [1.54, 1.807) is 0 Å². The Morgan fingerprint density at radius 3 is 2.22 bits per heavy atom. The van der Waals surface area contributed by atoms with Crippen molar-refractivity contribution in [1.29, 1.82) is 0 Å². The molecule has 0 spiro atoms. The van der Waals surface area contributed by atoms with Crippen LogP contribution in [0.15, 0.2) is 41.6 Å². The number of rotatable bonds is 1. The monoisotopic (exact) mass is 391 g/mol. The first kappa shape index (κ1) is 19.2. The fourth-order valence-electron chi connectivity index (χ4n) is 3.35. The van der Waals surface area contributed by atoms with Gasteiger partial charge in [0.15, 0.2) is 0 Å². The summed E-state index contributed by atoms with van der Waals surface area (Å²) in [6.07, 6.45) is -9.73. The highest BCUT2D eigenvalue weighted by Gasteiger charge is 2.41. The molecule has 2 aromatic rings. The molecule has 1 aliphatic carbocycles. The molecule has 144 valence electrons. The third-order valence-electron chi connectivity index (χ3n) is 4.54. The minimum absolute atomic E-state index is 0.0320. The van der Waals surface area contributed by atoms with Crippen LogP contribution < -0.4 is 0 Å². The van der Waals surface area contributed by atoms with Gasteiger partial charge in [-0.05, 0) is 54.3 Å². The number of alkyl halides is 6. The van der Waals surface area contributed by atoms with Crippen molar-refractivity contribution in [2.24, 2.45) is 5.16 Å². The number of oxime groups is 1. The van der Waals surface area contributed by atoms with Gasteiger partial charge in [0.05, 0.1) is 16.8 Å². The average Bonchev–Trinajstić information content (AvgIpc) is 2.58. The zero-order chi connectivity index (χ0) is 20.0. The molecule has 0 fully saturated rings. The molecule has 2 nitrogen and oxygen atoms in total. The fourth-order valence-corrected chi connectivity index (χ4v) is 3.35. The smallest absolute Gasteiger partial charge is 0.411 e. The Kier molecular flexibility index (Phi) is 4.65. The minimum atomic E-state index is -5.03. The summed E-state index contributed by atoms with van der Waals surface area (Å²) >= 11 is 0. The van der Waals surface area contributed by atoms with Gasteiger partial charge in [0.25, 0.3) is 0 Å². The predicted octanol–water partition coefficient (Wildman–Crippen LogP) is 5.77. The second-order valence-electron chi connectivity index (χ2n) is 6.18. The summed E-state index contributed by atoms with van der Waals surface area (Å²) in [6, 6.07) is 4.93. The topological polar surface area (TPSA) is 32.6 Å². The molecule has 0 aromatic heterocycles. The molecule has 1 atom stereocenters. The SMILES string of the molecule is O/N=C1\c2ccc(F)cc2CCC1c1ccc(C(F)(F)F)cc1C(F)(F)F. The normalized spacial score (nSPS) is 19.2. The summed E-state index contributed by atoms with van der Waals surface area (Å²) in [5.41, 5.74) is -2.68. The van der Waals surface area contributed by atoms with E-state index in [1.165, 1.54) is 12.1 Å². The fraction of sp³-hybridized carbons (Fsp3) is 0.278. The lowest BCUT2D eigenvalue weighted by molar-refractivity contribution is -0.143. The Labute approximate surface area is 148 Å². The van der Waals surface area contributed by atoms with Crippen LogP contribution in [-0.4, -0.2) is 10.9 Å². The van der Waals surface area contributed by atoms with E-state index in [2.05, 4.69) is 5.16 Å². The molecule has 0 radical (unpaired) electrons. The number of hydrogen-bond acceptors (Lipinski definition) is 2. The summed E-state index contributed by atoms with van der Waals surface area (Å²) < 4.78 is 92.2. The van der Waals surface area contributed by atoms with Gasteiger partial charge in [-0.1, -0.05) is 11.2 Å². The van der Waals surface area contributed by atoms with Crippen LogP contribution in [-0.2, 0) is 18.8 Å². The van der Waals surface area contributed by atoms with E-state index >= 15 is 0 Å². The van der Waals surface area contributed by atoms with Crippen molar-refractivity contribution in [3.05, 3.63) is 70.0 Å². The highest BCUT2D eigenvalue weighted by molar-refractivity contribution is 6.07. The second-order valence-corrected chi connectivity index (χ2v) is 6.18. The molecule has 0 saturated heterocycles. The van der Waals surface area contributed by atoms with E-state index in [0.29, 0.717) is 11.6 Å². The van der Waals surface area contributed by atoms with Crippen molar-refractivity contribution >= 4 is 5.71 Å². The van der Waals surface area contributed by atoms with Crippen LogP contribution in [0.4, 0.5) is 30.7 Å². The molecule has 27 heavy (non-hydrogen) atoms. The summed E-state index contributed by atoms with van der Waals surface area (Å²) in [5.74, 6) is -1.62. The van der Waals surface area contributed by atoms with Gasteiger partial charge in [-0.15, -0.1) is 0 Å². The molecule has 0 heterocycles. The van der Waals surface area contributed by atoms with E-state index < -0.39 is 40.8 Å². The summed E-state index contributed by atoms with van der Waals surface area (Å²) in [6.45, 7) is 0. The summed E-state index contributed by atoms with van der Waals surface area (Å²) in [7, 11) is 0. The maximum absolute atomic E-state index is 13.4. The van der Waals surface area contributed by atoms with Gasteiger partial charge in [0.2, 0.25) is 0 Å². The van der Waals surface area contributed by atoms with Crippen molar-refractivity contribution in [1.82, 2.24) is 0 Å². The van der Waals surface area contributed by atoms with Crippen molar-refractivity contribution in [3.8, 4) is 0 Å². The minimum Gasteiger partial charge on any atom is -0.411 e. The van der Waals surface area contributed by atoms with Crippen molar-refractivity contribution in [2.75, 3.05) is 0 Å². The molecular weight excluding hydrogens is 379 g/mol. The maximum atomic E-state index is 13.4. The van der Waals surface area contributed by atoms with Gasteiger partial charge in [0, 0.05) is 11.5 Å². The van der Waals surface area contributed by atoms with Crippen LogP contribution in [0.25, 0.3) is 0 Å². The molecular formula is C18H12F7NO. The first-order valence-corrected chi connectivity index (χ1v) is 7.81. The first-order chi connectivity index (χ1) is 12.5. The summed E-state index contributed by atoms with van der Waals surface area (Å²) in [4.78, 5) is 0. The highest BCUT2D eigenvalue weighted by atomic mass is 19.4. The van der Waals surface area contributed by atoms with Crippen molar-refractivity contribution in [3.63, 3.8) is 0 Å². The Bertz CT molecular complexity index is 900. The molecule has 1 N–H and O–H groups in total. The van der Waals surface area contributed by atoms with Crippen LogP contribution in [0.5, 0.6) is 0 Å². The van der Waals surface area contributed by atoms with E-state index in [-0.39, 0.29) is 30.2 Å². The Balaban J connectivity index is 2.14. The van der Waals surface area contributed by atoms with E-state index in [0.717, 1.165) is 12.1 Å². The molecule has 1 aliphatic rings. The molecule has 9 heteroatoms. The lowest BCUT2D eigenvalue weighted by Gasteiger charge is -2.28. The van der Waals surface area contributed by atoms with Gasteiger partial charge in [0.1, 0.15) is 5.82 Å². The molecule has 3 rings (SSSR count). The third kappa shape index (κ3) is 3.63. The van der Waals surface area contributed by atoms with E-state index in [1.807, 2.05) is 0 Å². The highest BCUT2D eigenvalue weighted by Crippen LogP contribution is 2.43. The number of fused-ring (bicyclic) bond motifs is 1. The second kappa shape index (κ2) is 6.54. The number of aryl methyl sites for hydroxylation is 1. The molecule has 1 unspecified atom stereocenters. The molecule has 2 aromatic carbocycles.